The Kier molecular flexibility index (Phi) is 3.59. The summed E-state index contributed by atoms with van der Waals surface area (Å²) in [5.74, 6) is -3.92. The van der Waals surface area contributed by atoms with Crippen LogP contribution in [-0.4, -0.2) is 29.2 Å². The molecule has 112 valence electrons. The first-order valence-electron chi connectivity index (χ1n) is 6.61. The number of anilines is 1. The Labute approximate surface area is 125 Å². The highest BCUT2D eigenvalue weighted by atomic mass is 35.5. The van der Waals surface area contributed by atoms with Crippen LogP contribution in [0.5, 0.6) is 0 Å². The van der Waals surface area contributed by atoms with Crippen LogP contribution in [-0.2, 0) is 14.3 Å². The van der Waals surface area contributed by atoms with Crippen LogP contribution >= 0.6 is 11.6 Å². The van der Waals surface area contributed by atoms with E-state index in [1.807, 2.05) is 0 Å². The molecule has 1 aromatic rings. The molecule has 1 aromatic carbocycles. The van der Waals surface area contributed by atoms with Gasteiger partial charge in [0.25, 0.3) is 0 Å². The zero-order valence-corrected chi connectivity index (χ0v) is 11.6. The molecule has 21 heavy (non-hydrogen) atoms. The second-order valence-corrected chi connectivity index (χ2v) is 5.73. The number of carboxylic acids is 1. The van der Waals surface area contributed by atoms with Gasteiger partial charge < -0.3 is 15.2 Å². The summed E-state index contributed by atoms with van der Waals surface area (Å²) < 4.78 is 19.2. The van der Waals surface area contributed by atoms with Crippen molar-refractivity contribution >= 4 is 29.2 Å². The molecule has 3 rings (SSSR count). The van der Waals surface area contributed by atoms with Crippen LogP contribution in [0.3, 0.4) is 0 Å². The van der Waals surface area contributed by atoms with Crippen molar-refractivity contribution in [3.05, 3.63) is 29.0 Å². The van der Waals surface area contributed by atoms with Gasteiger partial charge >= 0.3 is 5.97 Å². The topological polar surface area (TPSA) is 75.6 Å². The van der Waals surface area contributed by atoms with Crippen molar-refractivity contribution in [1.82, 2.24) is 0 Å². The first-order chi connectivity index (χ1) is 9.97. The van der Waals surface area contributed by atoms with Gasteiger partial charge in [0, 0.05) is 5.02 Å². The summed E-state index contributed by atoms with van der Waals surface area (Å²) in [6, 6.07) is 3.88. The molecule has 2 N–H and O–H groups in total. The van der Waals surface area contributed by atoms with Crippen molar-refractivity contribution in [2.75, 3.05) is 5.32 Å². The number of carbonyl (C=O) groups excluding carboxylic acids is 1. The molecule has 0 radical (unpaired) electrons. The predicted octanol–water partition coefficient (Wildman–Crippen LogP) is 2.30. The molecular weight excluding hydrogens is 301 g/mol. The van der Waals surface area contributed by atoms with Gasteiger partial charge in [-0.3, -0.25) is 9.59 Å². The standard InChI is InChI=1S/C14H13ClFNO4/c15-6-1-2-8(7(16)5-6)17-13(18)11-9-3-4-10(21-9)12(11)14(19)20/h1-2,5,9-12H,3-4H2,(H,17,18)(H,19,20)/t9-,10-,11+,12-/m1/s1. The van der Waals surface area contributed by atoms with E-state index in [0.717, 1.165) is 6.07 Å². The van der Waals surface area contributed by atoms with Gasteiger partial charge in [0.05, 0.1) is 29.7 Å². The predicted molar refractivity (Wildman–Crippen MR) is 72.6 cm³/mol. The number of hydrogen-bond donors (Lipinski definition) is 2. The highest BCUT2D eigenvalue weighted by Gasteiger charge is 2.55. The number of aliphatic carboxylic acids is 1. The highest BCUT2D eigenvalue weighted by molar-refractivity contribution is 6.30. The average Bonchev–Trinajstić information content (AvgIpc) is 3.02. The molecular formula is C14H13ClFNO4. The van der Waals surface area contributed by atoms with Crippen LogP contribution in [0.4, 0.5) is 10.1 Å². The number of ether oxygens (including phenoxy) is 1. The van der Waals surface area contributed by atoms with Crippen LogP contribution in [0.15, 0.2) is 18.2 Å². The number of amides is 1. The van der Waals surface area contributed by atoms with Gasteiger partial charge in [0.2, 0.25) is 5.91 Å². The van der Waals surface area contributed by atoms with E-state index in [2.05, 4.69) is 5.32 Å². The maximum atomic E-state index is 13.7. The van der Waals surface area contributed by atoms with Crippen molar-refractivity contribution in [3.63, 3.8) is 0 Å². The van der Waals surface area contributed by atoms with E-state index < -0.39 is 41.7 Å². The number of halogens is 2. The Morgan fingerprint density at radius 2 is 1.95 bits per heavy atom. The van der Waals surface area contributed by atoms with E-state index in [4.69, 9.17) is 16.3 Å². The molecule has 0 saturated carbocycles. The molecule has 0 aromatic heterocycles. The Balaban J connectivity index is 1.80. The maximum Gasteiger partial charge on any atom is 0.310 e. The van der Waals surface area contributed by atoms with Crippen LogP contribution in [0.2, 0.25) is 5.02 Å². The lowest BCUT2D eigenvalue weighted by Gasteiger charge is -2.23. The Bertz CT molecular complexity index is 609. The maximum absolute atomic E-state index is 13.7. The molecule has 4 atom stereocenters. The minimum absolute atomic E-state index is 0.0173. The highest BCUT2D eigenvalue weighted by Crippen LogP contribution is 2.44. The minimum Gasteiger partial charge on any atom is -0.481 e. The lowest BCUT2D eigenvalue weighted by atomic mass is 9.78. The molecule has 2 saturated heterocycles. The van der Waals surface area contributed by atoms with Gasteiger partial charge in [-0.25, -0.2) is 4.39 Å². The fraction of sp³-hybridized carbons (Fsp3) is 0.429. The van der Waals surface area contributed by atoms with Crippen molar-refractivity contribution in [2.24, 2.45) is 11.8 Å². The number of hydrogen-bond acceptors (Lipinski definition) is 3. The summed E-state index contributed by atoms with van der Waals surface area (Å²) in [7, 11) is 0. The number of rotatable bonds is 3. The van der Waals surface area contributed by atoms with E-state index in [1.165, 1.54) is 12.1 Å². The summed E-state index contributed by atoms with van der Waals surface area (Å²) in [4.78, 5) is 23.6. The summed E-state index contributed by atoms with van der Waals surface area (Å²) in [5.41, 5.74) is -0.0173. The molecule has 2 heterocycles. The Hall–Kier alpha value is -1.66. The molecule has 2 fully saturated rings. The molecule has 0 aliphatic carbocycles. The molecule has 2 bridgehead atoms. The Morgan fingerprint density at radius 1 is 1.29 bits per heavy atom. The largest absolute Gasteiger partial charge is 0.481 e. The molecule has 5 nitrogen and oxygen atoms in total. The van der Waals surface area contributed by atoms with E-state index in [1.54, 1.807) is 0 Å². The van der Waals surface area contributed by atoms with Crippen molar-refractivity contribution < 1.29 is 23.8 Å². The third-order valence-corrected chi connectivity index (χ3v) is 4.29. The third-order valence-electron chi connectivity index (χ3n) is 4.05. The quantitative estimate of drug-likeness (QED) is 0.898. The summed E-state index contributed by atoms with van der Waals surface area (Å²) in [5, 5.41) is 11.9. The third kappa shape index (κ3) is 2.49. The van der Waals surface area contributed by atoms with Gasteiger partial charge in [-0.05, 0) is 31.0 Å². The molecule has 1 amide bonds. The fourth-order valence-corrected chi connectivity index (χ4v) is 3.29. The van der Waals surface area contributed by atoms with E-state index in [-0.39, 0.29) is 10.7 Å². The normalized spacial score (nSPS) is 30.4. The lowest BCUT2D eigenvalue weighted by molar-refractivity contribution is -0.147. The first-order valence-corrected chi connectivity index (χ1v) is 6.99. The Morgan fingerprint density at radius 3 is 2.57 bits per heavy atom. The molecule has 7 heteroatoms. The zero-order chi connectivity index (χ0) is 15.1. The number of carboxylic acid groups (broad SMARTS) is 1. The molecule has 0 unspecified atom stereocenters. The summed E-state index contributed by atoms with van der Waals surface area (Å²) in [6.07, 6.45) is 0.445. The minimum atomic E-state index is -1.06. The fourth-order valence-electron chi connectivity index (χ4n) is 3.13. The lowest BCUT2D eigenvalue weighted by Crippen LogP contribution is -2.41. The summed E-state index contributed by atoms with van der Waals surface area (Å²) in [6.45, 7) is 0. The van der Waals surface area contributed by atoms with Gasteiger partial charge in [-0.2, -0.15) is 0 Å². The van der Waals surface area contributed by atoms with Crippen LogP contribution in [0.1, 0.15) is 12.8 Å². The second kappa shape index (κ2) is 5.27. The van der Waals surface area contributed by atoms with Crippen LogP contribution in [0.25, 0.3) is 0 Å². The number of carbonyl (C=O) groups is 2. The van der Waals surface area contributed by atoms with Crippen molar-refractivity contribution in [2.45, 2.75) is 25.0 Å². The van der Waals surface area contributed by atoms with Crippen LogP contribution < -0.4 is 5.32 Å². The number of fused-ring (bicyclic) bond motifs is 2. The zero-order valence-electron chi connectivity index (χ0n) is 10.9. The smallest absolute Gasteiger partial charge is 0.310 e. The average molecular weight is 314 g/mol. The summed E-state index contributed by atoms with van der Waals surface area (Å²) >= 11 is 5.65. The van der Waals surface area contributed by atoms with E-state index in [0.29, 0.717) is 12.8 Å². The van der Waals surface area contributed by atoms with E-state index >= 15 is 0 Å². The monoisotopic (exact) mass is 313 g/mol. The first kappa shape index (κ1) is 14.3. The van der Waals surface area contributed by atoms with Gasteiger partial charge in [-0.15, -0.1) is 0 Å². The van der Waals surface area contributed by atoms with Crippen molar-refractivity contribution in [1.29, 1.82) is 0 Å². The van der Waals surface area contributed by atoms with Crippen molar-refractivity contribution in [3.8, 4) is 0 Å². The molecule has 2 aliphatic rings. The molecule has 2 aliphatic heterocycles. The molecule has 0 spiro atoms. The second-order valence-electron chi connectivity index (χ2n) is 5.29. The SMILES string of the molecule is O=C(Nc1ccc(Cl)cc1F)[C@@H]1[C@H](C(=O)O)[C@H]2CC[C@H]1O2. The van der Waals surface area contributed by atoms with Gasteiger partial charge in [-0.1, -0.05) is 11.6 Å². The van der Waals surface area contributed by atoms with Crippen LogP contribution in [0, 0.1) is 17.7 Å². The van der Waals surface area contributed by atoms with Gasteiger partial charge in [0.15, 0.2) is 0 Å². The number of benzene rings is 1. The van der Waals surface area contributed by atoms with E-state index in [9.17, 15) is 19.1 Å². The number of nitrogens with one attached hydrogen (secondary N) is 1. The van der Waals surface area contributed by atoms with Gasteiger partial charge in [0.1, 0.15) is 5.82 Å².